The number of aliphatic hydroxyl groups excluding tert-OH is 1. The lowest BCUT2D eigenvalue weighted by Crippen LogP contribution is -2.34. The van der Waals surface area contributed by atoms with Gasteiger partial charge in [0.1, 0.15) is 18.5 Å². The third-order valence-electron chi connectivity index (χ3n) is 4.63. The number of rotatable bonds is 5. The number of aromatic nitrogens is 1. The Morgan fingerprint density at radius 2 is 2.17 bits per heavy atom. The van der Waals surface area contributed by atoms with E-state index in [1.807, 2.05) is 32.0 Å². The molecule has 3 unspecified atom stereocenters. The molecule has 1 amide bonds. The van der Waals surface area contributed by atoms with Gasteiger partial charge in [0.2, 0.25) is 11.8 Å². The van der Waals surface area contributed by atoms with Crippen LogP contribution in [0.4, 0.5) is 0 Å². The van der Waals surface area contributed by atoms with Gasteiger partial charge < -0.3 is 19.9 Å². The Hall–Kier alpha value is -2.34. The highest BCUT2D eigenvalue weighted by molar-refractivity contribution is 5.89. The molecule has 0 bridgehead atoms. The third-order valence-corrected chi connectivity index (χ3v) is 4.63. The van der Waals surface area contributed by atoms with Crippen molar-refractivity contribution in [2.24, 2.45) is 5.92 Å². The second-order valence-electron chi connectivity index (χ2n) is 6.10. The first-order valence-corrected chi connectivity index (χ1v) is 8.09. The molecule has 1 aliphatic rings. The number of pyridine rings is 1. The van der Waals surface area contributed by atoms with Gasteiger partial charge in [-0.3, -0.25) is 4.79 Å². The average molecular weight is 330 g/mol. The summed E-state index contributed by atoms with van der Waals surface area (Å²) < 4.78 is 11.3. The molecular weight excluding hydrogens is 308 g/mol. The number of benzene rings is 1. The second kappa shape index (κ2) is 6.65. The first-order chi connectivity index (χ1) is 11.5. The lowest BCUT2D eigenvalue weighted by Gasteiger charge is -2.19. The molecule has 0 spiro atoms. The molecule has 2 aromatic rings. The van der Waals surface area contributed by atoms with Gasteiger partial charge in [-0.05, 0) is 42.5 Å². The molecule has 6 nitrogen and oxygen atoms in total. The highest BCUT2D eigenvalue weighted by Crippen LogP contribution is 2.31. The van der Waals surface area contributed by atoms with Crippen LogP contribution < -0.4 is 14.8 Å². The van der Waals surface area contributed by atoms with E-state index in [0.29, 0.717) is 12.3 Å². The SMILES string of the molecule is CCC1C(COc2nccc3cc(C)c(OC)cc23)NC(=O)C1O. The van der Waals surface area contributed by atoms with Crippen molar-refractivity contribution in [3.63, 3.8) is 0 Å². The molecule has 3 atom stereocenters. The molecule has 0 aliphatic carbocycles. The van der Waals surface area contributed by atoms with E-state index in [1.165, 1.54) is 0 Å². The Morgan fingerprint density at radius 3 is 2.88 bits per heavy atom. The lowest BCUT2D eigenvalue weighted by atomic mass is 9.96. The summed E-state index contributed by atoms with van der Waals surface area (Å²) in [6.07, 6.45) is 1.43. The van der Waals surface area contributed by atoms with E-state index in [4.69, 9.17) is 9.47 Å². The van der Waals surface area contributed by atoms with Crippen molar-refractivity contribution in [1.82, 2.24) is 10.3 Å². The number of hydrogen-bond donors (Lipinski definition) is 2. The fourth-order valence-corrected chi connectivity index (χ4v) is 3.25. The predicted molar refractivity (Wildman–Crippen MR) is 90.2 cm³/mol. The fraction of sp³-hybridized carbons (Fsp3) is 0.444. The largest absolute Gasteiger partial charge is 0.496 e. The van der Waals surface area contributed by atoms with E-state index < -0.39 is 6.10 Å². The summed E-state index contributed by atoms with van der Waals surface area (Å²) in [4.78, 5) is 16.0. The third kappa shape index (κ3) is 2.89. The number of carbonyl (C=O) groups is 1. The number of fused-ring (bicyclic) bond motifs is 1. The second-order valence-corrected chi connectivity index (χ2v) is 6.10. The summed E-state index contributed by atoms with van der Waals surface area (Å²) in [6, 6.07) is 5.64. The minimum absolute atomic E-state index is 0.149. The van der Waals surface area contributed by atoms with Crippen molar-refractivity contribution in [1.29, 1.82) is 0 Å². The summed E-state index contributed by atoms with van der Waals surface area (Å²) >= 11 is 0. The van der Waals surface area contributed by atoms with Gasteiger partial charge >= 0.3 is 0 Å². The number of carbonyl (C=O) groups excluding carboxylic acids is 1. The van der Waals surface area contributed by atoms with Crippen molar-refractivity contribution in [3.05, 3.63) is 30.0 Å². The van der Waals surface area contributed by atoms with E-state index in [0.717, 1.165) is 22.1 Å². The summed E-state index contributed by atoms with van der Waals surface area (Å²) in [5.41, 5.74) is 1.04. The van der Waals surface area contributed by atoms with Crippen LogP contribution in [0.1, 0.15) is 18.9 Å². The van der Waals surface area contributed by atoms with Crippen molar-refractivity contribution in [2.75, 3.05) is 13.7 Å². The van der Waals surface area contributed by atoms with E-state index in [-0.39, 0.29) is 24.5 Å². The molecule has 1 aromatic heterocycles. The molecule has 24 heavy (non-hydrogen) atoms. The first kappa shape index (κ1) is 16.5. The van der Waals surface area contributed by atoms with Crippen LogP contribution in [-0.4, -0.2) is 41.9 Å². The minimum Gasteiger partial charge on any atom is -0.496 e. The lowest BCUT2D eigenvalue weighted by molar-refractivity contribution is -0.127. The van der Waals surface area contributed by atoms with Gasteiger partial charge in [0.25, 0.3) is 0 Å². The van der Waals surface area contributed by atoms with Crippen LogP contribution >= 0.6 is 0 Å². The van der Waals surface area contributed by atoms with E-state index >= 15 is 0 Å². The summed E-state index contributed by atoms with van der Waals surface area (Å²) in [5.74, 6) is 0.788. The number of aliphatic hydroxyl groups is 1. The molecule has 1 aromatic carbocycles. The van der Waals surface area contributed by atoms with Crippen molar-refractivity contribution < 1.29 is 19.4 Å². The zero-order valence-corrected chi connectivity index (χ0v) is 14.1. The predicted octanol–water partition coefficient (Wildman–Crippen LogP) is 1.82. The number of methoxy groups -OCH3 is 1. The van der Waals surface area contributed by atoms with Crippen LogP contribution in [0.5, 0.6) is 11.6 Å². The number of nitrogens with zero attached hydrogens (tertiary/aromatic N) is 1. The standard InChI is InChI=1S/C18H22N2O4/c1-4-12-14(20-17(22)16(12)21)9-24-18-13-8-15(23-3)10(2)7-11(13)5-6-19-18/h5-8,12,14,16,21H,4,9H2,1-3H3,(H,20,22). The first-order valence-electron chi connectivity index (χ1n) is 8.09. The number of aryl methyl sites for hydroxylation is 1. The molecule has 2 heterocycles. The molecule has 1 saturated heterocycles. The van der Waals surface area contributed by atoms with Crippen LogP contribution in [0.3, 0.4) is 0 Å². The highest BCUT2D eigenvalue weighted by atomic mass is 16.5. The number of amides is 1. The van der Waals surface area contributed by atoms with Gasteiger partial charge in [0.15, 0.2) is 0 Å². The molecule has 1 aliphatic heterocycles. The normalized spacial score (nSPS) is 23.3. The summed E-state index contributed by atoms with van der Waals surface area (Å²) in [7, 11) is 1.63. The maximum atomic E-state index is 11.6. The molecule has 0 saturated carbocycles. The Kier molecular flexibility index (Phi) is 4.57. The van der Waals surface area contributed by atoms with Crippen LogP contribution in [0.2, 0.25) is 0 Å². The highest BCUT2D eigenvalue weighted by Gasteiger charge is 2.40. The summed E-state index contributed by atoms with van der Waals surface area (Å²) in [5, 5.41) is 14.6. The zero-order valence-electron chi connectivity index (χ0n) is 14.1. The molecule has 3 rings (SSSR count). The Balaban J connectivity index is 1.84. The topological polar surface area (TPSA) is 80.7 Å². The average Bonchev–Trinajstić information content (AvgIpc) is 2.85. The van der Waals surface area contributed by atoms with Crippen molar-refractivity contribution in [2.45, 2.75) is 32.4 Å². The van der Waals surface area contributed by atoms with Gasteiger partial charge in [-0.25, -0.2) is 4.98 Å². The van der Waals surface area contributed by atoms with Crippen LogP contribution in [0.15, 0.2) is 24.4 Å². The van der Waals surface area contributed by atoms with Crippen LogP contribution in [-0.2, 0) is 4.79 Å². The Bertz CT molecular complexity index is 762. The fourth-order valence-electron chi connectivity index (χ4n) is 3.25. The monoisotopic (exact) mass is 330 g/mol. The van der Waals surface area contributed by atoms with Gasteiger partial charge in [-0.15, -0.1) is 0 Å². The van der Waals surface area contributed by atoms with E-state index in [1.54, 1.807) is 13.3 Å². The molecular formula is C18H22N2O4. The molecule has 128 valence electrons. The van der Waals surface area contributed by atoms with Crippen LogP contribution in [0, 0.1) is 12.8 Å². The van der Waals surface area contributed by atoms with Crippen molar-refractivity contribution >= 4 is 16.7 Å². The smallest absolute Gasteiger partial charge is 0.249 e. The van der Waals surface area contributed by atoms with Crippen molar-refractivity contribution in [3.8, 4) is 11.6 Å². The maximum absolute atomic E-state index is 11.6. The number of hydrogen-bond acceptors (Lipinski definition) is 5. The van der Waals surface area contributed by atoms with Gasteiger partial charge in [-0.1, -0.05) is 6.92 Å². The number of ether oxygens (including phenoxy) is 2. The van der Waals surface area contributed by atoms with Gasteiger partial charge in [0, 0.05) is 17.5 Å². The molecule has 6 heteroatoms. The van der Waals surface area contributed by atoms with Gasteiger partial charge in [0.05, 0.1) is 13.2 Å². The van der Waals surface area contributed by atoms with E-state index in [2.05, 4.69) is 10.3 Å². The molecule has 0 radical (unpaired) electrons. The Morgan fingerprint density at radius 1 is 1.38 bits per heavy atom. The maximum Gasteiger partial charge on any atom is 0.249 e. The number of nitrogens with one attached hydrogen (secondary N) is 1. The zero-order chi connectivity index (χ0) is 17.3. The van der Waals surface area contributed by atoms with Gasteiger partial charge in [-0.2, -0.15) is 0 Å². The molecule has 2 N–H and O–H groups in total. The minimum atomic E-state index is -0.966. The summed E-state index contributed by atoms with van der Waals surface area (Å²) in [6.45, 7) is 4.20. The van der Waals surface area contributed by atoms with Crippen LogP contribution in [0.25, 0.3) is 10.8 Å². The van der Waals surface area contributed by atoms with E-state index in [9.17, 15) is 9.90 Å². The quantitative estimate of drug-likeness (QED) is 0.874. The molecule has 1 fully saturated rings. The Labute approximate surface area is 140 Å².